The van der Waals surface area contributed by atoms with E-state index in [0.717, 1.165) is 25.5 Å². The van der Waals surface area contributed by atoms with Crippen LogP contribution in [-0.4, -0.2) is 90.4 Å². The first-order valence-corrected chi connectivity index (χ1v) is 8.65. The van der Waals surface area contributed by atoms with E-state index in [1.807, 2.05) is 18.2 Å². The van der Waals surface area contributed by atoms with Crippen molar-refractivity contribution >= 4 is 17.6 Å². The maximum absolute atomic E-state index is 12.5. The van der Waals surface area contributed by atoms with Crippen LogP contribution in [0.5, 0.6) is 0 Å². The first-order chi connectivity index (χ1) is 11.7. The topological polar surface area (TPSA) is 60.0 Å². The maximum atomic E-state index is 12.5. The highest BCUT2D eigenvalue weighted by atomic mass is 16.2. The molecule has 0 aliphatic carbocycles. The quantitative estimate of drug-likeness (QED) is 0.708. The van der Waals surface area contributed by atoms with E-state index in [-0.39, 0.29) is 11.8 Å². The molecule has 7 heteroatoms. The van der Waals surface area contributed by atoms with Gasteiger partial charge in [0.1, 0.15) is 5.82 Å². The van der Waals surface area contributed by atoms with Gasteiger partial charge in [-0.2, -0.15) is 0 Å². The van der Waals surface area contributed by atoms with Gasteiger partial charge in [0.2, 0.25) is 0 Å². The highest BCUT2D eigenvalue weighted by Crippen LogP contribution is 2.13. The summed E-state index contributed by atoms with van der Waals surface area (Å²) >= 11 is 0. The second kappa shape index (κ2) is 7.61. The van der Waals surface area contributed by atoms with E-state index < -0.39 is 0 Å². The first-order valence-electron chi connectivity index (χ1n) is 8.65. The summed E-state index contributed by atoms with van der Waals surface area (Å²) in [5, 5.41) is 0. The van der Waals surface area contributed by atoms with Crippen molar-refractivity contribution in [1.82, 2.24) is 19.7 Å². The van der Waals surface area contributed by atoms with Gasteiger partial charge < -0.3 is 19.6 Å². The van der Waals surface area contributed by atoms with Crippen LogP contribution < -0.4 is 4.90 Å². The third kappa shape index (κ3) is 3.67. The lowest BCUT2D eigenvalue weighted by Gasteiger charge is -2.37. The molecule has 0 radical (unpaired) electrons. The van der Waals surface area contributed by atoms with Crippen molar-refractivity contribution in [2.45, 2.75) is 6.92 Å². The number of hydrogen-bond acceptors (Lipinski definition) is 5. The third-order valence-corrected chi connectivity index (χ3v) is 4.83. The summed E-state index contributed by atoms with van der Waals surface area (Å²) in [5.74, 6) is 0.212. The minimum atomic E-state index is -0.361. The molecule has 0 unspecified atom stereocenters. The van der Waals surface area contributed by atoms with Gasteiger partial charge >= 0.3 is 11.8 Å². The van der Waals surface area contributed by atoms with Gasteiger partial charge in [-0.1, -0.05) is 13.0 Å². The van der Waals surface area contributed by atoms with Gasteiger partial charge in [-0.25, -0.2) is 4.98 Å². The normalized spacial score (nSPS) is 19.5. The monoisotopic (exact) mass is 331 g/mol. The summed E-state index contributed by atoms with van der Waals surface area (Å²) in [6.45, 7) is 8.64. The zero-order valence-corrected chi connectivity index (χ0v) is 14.2. The maximum Gasteiger partial charge on any atom is 0.312 e. The molecule has 24 heavy (non-hydrogen) atoms. The van der Waals surface area contributed by atoms with Crippen LogP contribution in [0.4, 0.5) is 5.82 Å². The summed E-state index contributed by atoms with van der Waals surface area (Å²) < 4.78 is 0. The van der Waals surface area contributed by atoms with Crippen LogP contribution in [-0.2, 0) is 9.59 Å². The molecule has 3 heterocycles. The van der Waals surface area contributed by atoms with Crippen LogP contribution in [0.2, 0.25) is 0 Å². The Balaban J connectivity index is 1.51. The molecule has 1 aromatic rings. The van der Waals surface area contributed by atoms with Crippen LogP contribution >= 0.6 is 0 Å². The lowest BCUT2D eigenvalue weighted by Crippen LogP contribution is -2.56. The lowest BCUT2D eigenvalue weighted by molar-refractivity contribution is -0.153. The van der Waals surface area contributed by atoms with Crippen molar-refractivity contribution < 1.29 is 9.59 Å². The summed E-state index contributed by atoms with van der Waals surface area (Å²) in [7, 11) is 0. The molecule has 2 aliphatic rings. The molecule has 0 spiro atoms. The average molecular weight is 331 g/mol. The smallest absolute Gasteiger partial charge is 0.312 e. The van der Waals surface area contributed by atoms with E-state index >= 15 is 0 Å². The highest BCUT2D eigenvalue weighted by Gasteiger charge is 2.31. The van der Waals surface area contributed by atoms with Gasteiger partial charge in [-0.05, 0) is 18.7 Å². The number of pyridine rings is 1. The number of anilines is 1. The van der Waals surface area contributed by atoms with Crippen LogP contribution in [0.3, 0.4) is 0 Å². The van der Waals surface area contributed by atoms with Gasteiger partial charge in [0.15, 0.2) is 0 Å². The first kappa shape index (κ1) is 16.7. The Morgan fingerprint density at radius 3 is 2.00 bits per heavy atom. The fourth-order valence-corrected chi connectivity index (χ4v) is 3.22. The van der Waals surface area contributed by atoms with Crippen LogP contribution in [0.25, 0.3) is 0 Å². The van der Waals surface area contributed by atoms with Gasteiger partial charge in [0.05, 0.1) is 0 Å². The third-order valence-electron chi connectivity index (χ3n) is 4.83. The number of carbonyl (C=O) groups excluding carboxylic acids is 2. The molecule has 0 N–H and O–H groups in total. The number of aromatic nitrogens is 1. The fraction of sp³-hybridized carbons (Fsp3) is 0.588. The van der Waals surface area contributed by atoms with Crippen molar-refractivity contribution in [2.24, 2.45) is 0 Å². The van der Waals surface area contributed by atoms with Crippen molar-refractivity contribution in [3.05, 3.63) is 24.4 Å². The molecule has 3 rings (SSSR count). The lowest BCUT2D eigenvalue weighted by atomic mass is 10.2. The van der Waals surface area contributed by atoms with Crippen molar-refractivity contribution in [1.29, 1.82) is 0 Å². The summed E-state index contributed by atoms with van der Waals surface area (Å²) in [6.07, 6.45) is 1.77. The predicted molar refractivity (Wildman–Crippen MR) is 91.7 cm³/mol. The Kier molecular flexibility index (Phi) is 5.30. The molecule has 2 saturated heterocycles. The van der Waals surface area contributed by atoms with Gasteiger partial charge in [0, 0.05) is 58.6 Å². The largest absolute Gasteiger partial charge is 0.353 e. The van der Waals surface area contributed by atoms with E-state index in [1.54, 1.807) is 16.0 Å². The molecule has 0 atom stereocenters. The molecule has 1 aromatic heterocycles. The van der Waals surface area contributed by atoms with Crippen LogP contribution in [0, 0.1) is 0 Å². The summed E-state index contributed by atoms with van der Waals surface area (Å²) in [6, 6.07) is 5.81. The molecule has 2 amide bonds. The number of nitrogens with zero attached hydrogens (tertiary/aromatic N) is 5. The van der Waals surface area contributed by atoms with Crippen molar-refractivity contribution in [3.63, 3.8) is 0 Å². The number of hydrogen-bond donors (Lipinski definition) is 0. The van der Waals surface area contributed by atoms with E-state index in [0.29, 0.717) is 39.3 Å². The Hall–Kier alpha value is -2.15. The van der Waals surface area contributed by atoms with E-state index in [4.69, 9.17) is 0 Å². The number of rotatable bonds is 2. The van der Waals surface area contributed by atoms with Crippen molar-refractivity contribution in [2.75, 3.05) is 63.8 Å². The molecular formula is C17H25N5O2. The van der Waals surface area contributed by atoms with E-state index in [2.05, 4.69) is 21.7 Å². The fourth-order valence-electron chi connectivity index (χ4n) is 3.22. The standard InChI is InChI=1S/C17H25N5O2/c1-2-19-7-9-21(10-8-19)16(23)17(24)22-13-11-20(12-14-22)15-5-3-4-6-18-15/h3-6H,2,7-14H2,1H3. The Morgan fingerprint density at radius 1 is 0.917 bits per heavy atom. The van der Waals surface area contributed by atoms with Gasteiger partial charge in [0.25, 0.3) is 0 Å². The van der Waals surface area contributed by atoms with Crippen molar-refractivity contribution in [3.8, 4) is 0 Å². The van der Waals surface area contributed by atoms with E-state index in [9.17, 15) is 9.59 Å². The minimum Gasteiger partial charge on any atom is -0.353 e. The average Bonchev–Trinajstić information content (AvgIpc) is 2.68. The Bertz CT molecular complexity index is 564. The number of likely N-dealkylation sites (N-methyl/N-ethyl adjacent to an activating group) is 1. The summed E-state index contributed by atoms with van der Waals surface area (Å²) in [4.78, 5) is 37.1. The van der Waals surface area contributed by atoms with Crippen LogP contribution in [0.1, 0.15) is 6.92 Å². The Labute approximate surface area is 142 Å². The van der Waals surface area contributed by atoms with Gasteiger partial charge in [-0.15, -0.1) is 0 Å². The van der Waals surface area contributed by atoms with Gasteiger partial charge in [-0.3, -0.25) is 9.59 Å². The zero-order chi connectivity index (χ0) is 16.9. The second-order valence-corrected chi connectivity index (χ2v) is 6.19. The Morgan fingerprint density at radius 2 is 1.50 bits per heavy atom. The number of amides is 2. The molecule has 0 aromatic carbocycles. The second-order valence-electron chi connectivity index (χ2n) is 6.19. The van der Waals surface area contributed by atoms with Crippen LogP contribution in [0.15, 0.2) is 24.4 Å². The molecular weight excluding hydrogens is 306 g/mol. The molecule has 0 saturated carbocycles. The number of piperazine rings is 2. The molecule has 130 valence electrons. The highest BCUT2D eigenvalue weighted by molar-refractivity contribution is 6.34. The molecule has 7 nitrogen and oxygen atoms in total. The SMILES string of the molecule is CCN1CCN(C(=O)C(=O)N2CCN(c3ccccn3)CC2)CC1. The predicted octanol–water partition coefficient (Wildman–Crippen LogP) is -0.106. The van der Waals surface area contributed by atoms with E-state index in [1.165, 1.54) is 0 Å². The number of carbonyl (C=O) groups is 2. The minimum absolute atomic E-state index is 0.350. The molecule has 0 bridgehead atoms. The summed E-state index contributed by atoms with van der Waals surface area (Å²) in [5.41, 5.74) is 0. The zero-order valence-electron chi connectivity index (χ0n) is 14.2. The molecule has 2 aliphatic heterocycles. The molecule has 2 fully saturated rings.